The van der Waals surface area contributed by atoms with E-state index in [-0.39, 0.29) is 5.92 Å². The van der Waals surface area contributed by atoms with Crippen molar-refractivity contribution in [2.24, 2.45) is 0 Å². The minimum atomic E-state index is -0.0861. The maximum absolute atomic E-state index is 9.92. The molecule has 0 radical (unpaired) electrons. The molecule has 2 rings (SSSR count). The molecular formula is C25H32N2. The quantitative estimate of drug-likeness (QED) is 0.511. The molecule has 27 heavy (non-hydrogen) atoms. The average Bonchev–Trinajstić information content (AvgIpc) is 2.64. The normalized spacial score (nSPS) is 11.9. The zero-order valence-electron chi connectivity index (χ0n) is 17.4. The van der Waals surface area contributed by atoms with Gasteiger partial charge in [-0.3, -0.25) is 4.90 Å². The van der Waals surface area contributed by atoms with Gasteiger partial charge in [0.2, 0.25) is 0 Å². The zero-order valence-corrected chi connectivity index (χ0v) is 17.4. The molecule has 0 spiro atoms. The molecule has 0 aliphatic heterocycles. The monoisotopic (exact) mass is 360 g/mol. The van der Waals surface area contributed by atoms with Crippen LogP contribution in [0.25, 0.3) is 10.8 Å². The summed E-state index contributed by atoms with van der Waals surface area (Å²) < 4.78 is 0. The molecule has 0 aliphatic carbocycles. The Kier molecular flexibility index (Phi) is 7.82. The van der Waals surface area contributed by atoms with E-state index in [1.54, 1.807) is 0 Å². The van der Waals surface area contributed by atoms with Crippen LogP contribution in [-0.4, -0.2) is 24.5 Å². The number of fused-ring (bicyclic) bond motifs is 1. The van der Waals surface area contributed by atoms with Crippen LogP contribution in [0.3, 0.4) is 0 Å². The first-order valence-corrected chi connectivity index (χ1v) is 9.79. The third-order valence-electron chi connectivity index (χ3n) is 4.94. The second-order valence-corrected chi connectivity index (χ2v) is 7.81. The molecule has 2 nitrogen and oxygen atoms in total. The maximum atomic E-state index is 9.92. The number of nitrogens with zero attached hydrogens (tertiary/aromatic N) is 2. The summed E-state index contributed by atoms with van der Waals surface area (Å²) in [5.74, 6) is -0.0861. The second-order valence-electron chi connectivity index (χ2n) is 7.81. The summed E-state index contributed by atoms with van der Waals surface area (Å²) in [5.41, 5.74) is 5.07. The van der Waals surface area contributed by atoms with Crippen molar-refractivity contribution in [1.82, 2.24) is 4.90 Å². The highest BCUT2D eigenvalue weighted by Gasteiger charge is 2.17. The number of hydrogen-bond donors (Lipinski definition) is 0. The van der Waals surface area contributed by atoms with E-state index in [4.69, 9.17) is 0 Å². The highest BCUT2D eigenvalue weighted by Crippen LogP contribution is 2.31. The summed E-state index contributed by atoms with van der Waals surface area (Å²) in [7, 11) is 0. The van der Waals surface area contributed by atoms with Crippen LogP contribution in [0.1, 0.15) is 51.2 Å². The molecule has 0 saturated carbocycles. The number of hydrogen-bond acceptors (Lipinski definition) is 2. The van der Waals surface area contributed by atoms with Crippen molar-refractivity contribution in [2.75, 3.05) is 19.6 Å². The van der Waals surface area contributed by atoms with E-state index < -0.39 is 0 Å². The van der Waals surface area contributed by atoms with Gasteiger partial charge in [-0.2, -0.15) is 5.26 Å². The summed E-state index contributed by atoms with van der Waals surface area (Å²) in [5, 5.41) is 12.3. The van der Waals surface area contributed by atoms with Gasteiger partial charge in [-0.25, -0.2) is 0 Å². The van der Waals surface area contributed by atoms with E-state index >= 15 is 0 Å². The first-order valence-electron chi connectivity index (χ1n) is 9.79. The summed E-state index contributed by atoms with van der Waals surface area (Å²) in [6.07, 6.45) is 5.38. The minimum absolute atomic E-state index is 0.0861. The maximum Gasteiger partial charge on any atom is 0.0733 e. The molecule has 2 aromatic rings. The Morgan fingerprint density at radius 1 is 1.00 bits per heavy atom. The average molecular weight is 361 g/mol. The first kappa shape index (κ1) is 20.9. The molecule has 0 amide bonds. The molecule has 2 heteroatoms. The van der Waals surface area contributed by atoms with Crippen LogP contribution in [0.4, 0.5) is 0 Å². The van der Waals surface area contributed by atoms with Crippen LogP contribution in [0, 0.1) is 18.3 Å². The van der Waals surface area contributed by atoms with Crippen LogP contribution < -0.4 is 0 Å². The number of rotatable bonds is 8. The fourth-order valence-electron chi connectivity index (χ4n) is 3.33. The highest BCUT2D eigenvalue weighted by atomic mass is 15.1. The van der Waals surface area contributed by atoms with Crippen molar-refractivity contribution in [1.29, 1.82) is 5.26 Å². The molecule has 0 aliphatic rings. The van der Waals surface area contributed by atoms with Gasteiger partial charge in [-0.1, -0.05) is 59.7 Å². The Morgan fingerprint density at radius 2 is 1.63 bits per heavy atom. The minimum Gasteiger partial charge on any atom is -0.296 e. The summed E-state index contributed by atoms with van der Waals surface area (Å²) in [4.78, 5) is 2.42. The summed E-state index contributed by atoms with van der Waals surface area (Å²) >= 11 is 0. The van der Waals surface area contributed by atoms with E-state index in [1.165, 1.54) is 33.0 Å². The van der Waals surface area contributed by atoms with Crippen LogP contribution >= 0.6 is 0 Å². The van der Waals surface area contributed by atoms with Crippen LogP contribution in [-0.2, 0) is 0 Å². The third-order valence-corrected chi connectivity index (χ3v) is 4.94. The molecule has 0 heterocycles. The highest BCUT2D eigenvalue weighted by molar-refractivity contribution is 5.87. The number of aryl methyl sites for hydroxylation is 1. The van der Waals surface area contributed by atoms with Crippen LogP contribution in [0.15, 0.2) is 59.7 Å². The van der Waals surface area contributed by atoms with Crippen molar-refractivity contribution < 1.29 is 0 Å². The smallest absolute Gasteiger partial charge is 0.0733 e. The van der Waals surface area contributed by atoms with Crippen molar-refractivity contribution in [3.8, 4) is 6.07 Å². The van der Waals surface area contributed by atoms with Gasteiger partial charge in [0.25, 0.3) is 0 Å². The van der Waals surface area contributed by atoms with Gasteiger partial charge in [-0.05, 0) is 62.9 Å². The molecule has 0 N–H and O–H groups in total. The summed E-state index contributed by atoms with van der Waals surface area (Å²) in [6, 6.07) is 15.3. The van der Waals surface area contributed by atoms with Gasteiger partial charge in [0.05, 0.1) is 12.0 Å². The topological polar surface area (TPSA) is 27.0 Å². The van der Waals surface area contributed by atoms with E-state index in [9.17, 15) is 5.26 Å². The molecule has 1 atom stereocenters. The number of allylic oxidation sites excluding steroid dienone is 2. The van der Waals surface area contributed by atoms with Crippen molar-refractivity contribution in [3.05, 3.63) is 70.8 Å². The lowest BCUT2D eigenvalue weighted by Crippen LogP contribution is -2.27. The van der Waals surface area contributed by atoms with Gasteiger partial charge in [0.1, 0.15) is 0 Å². The summed E-state index contributed by atoms with van der Waals surface area (Å²) in [6.45, 7) is 13.4. The predicted octanol–water partition coefficient (Wildman–Crippen LogP) is 6.38. The Bertz CT molecular complexity index is 840. The van der Waals surface area contributed by atoms with Crippen LogP contribution in [0.2, 0.25) is 0 Å². The van der Waals surface area contributed by atoms with Crippen molar-refractivity contribution in [2.45, 2.75) is 47.0 Å². The Hall–Kier alpha value is -2.37. The van der Waals surface area contributed by atoms with Gasteiger partial charge in [0, 0.05) is 19.6 Å². The Balaban J connectivity index is 2.23. The molecule has 2 aromatic carbocycles. The lowest BCUT2D eigenvalue weighted by Gasteiger charge is -2.22. The SMILES string of the molecule is CC(C)=CCN(CC=C(C)C)CCC(C#N)c1c(C)ccc2ccccc12. The molecule has 142 valence electrons. The third kappa shape index (κ3) is 6.08. The van der Waals surface area contributed by atoms with E-state index in [1.807, 2.05) is 0 Å². The second kappa shape index (κ2) is 10.1. The zero-order chi connectivity index (χ0) is 19.8. The van der Waals surface area contributed by atoms with Gasteiger partial charge in [-0.15, -0.1) is 0 Å². The van der Waals surface area contributed by atoms with Crippen molar-refractivity contribution >= 4 is 10.8 Å². The van der Waals surface area contributed by atoms with Gasteiger partial charge < -0.3 is 0 Å². The lowest BCUT2D eigenvalue weighted by atomic mass is 9.88. The van der Waals surface area contributed by atoms with E-state index in [0.29, 0.717) is 0 Å². The van der Waals surface area contributed by atoms with E-state index in [0.717, 1.165) is 26.1 Å². The Labute approximate surface area is 164 Å². The molecule has 0 saturated heterocycles. The van der Waals surface area contributed by atoms with Gasteiger partial charge in [0.15, 0.2) is 0 Å². The number of benzene rings is 2. The Morgan fingerprint density at radius 3 is 2.22 bits per heavy atom. The van der Waals surface area contributed by atoms with E-state index in [2.05, 4.69) is 94.1 Å². The molecule has 0 fully saturated rings. The molecule has 0 bridgehead atoms. The molecule has 0 aromatic heterocycles. The van der Waals surface area contributed by atoms with Crippen molar-refractivity contribution in [3.63, 3.8) is 0 Å². The largest absolute Gasteiger partial charge is 0.296 e. The first-order chi connectivity index (χ1) is 12.9. The molecular weight excluding hydrogens is 328 g/mol. The standard InChI is InChI=1S/C25H32N2/c1-19(2)12-15-27(16-13-20(3)4)17-14-23(18-26)25-21(5)10-11-22-8-6-7-9-24(22)25/h6-13,23H,14-17H2,1-5H3. The van der Waals surface area contributed by atoms with Crippen LogP contribution in [0.5, 0.6) is 0 Å². The fraction of sp³-hybridized carbons (Fsp3) is 0.400. The molecule has 1 unspecified atom stereocenters. The predicted molar refractivity (Wildman–Crippen MR) is 117 cm³/mol. The lowest BCUT2D eigenvalue weighted by molar-refractivity contribution is 0.324. The number of nitriles is 1. The fourth-order valence-corrected chi connectivity index (χ4v) is 3.33. The van der Waals surface area contributed by atoms with Gasteiger partial charge >= 0.3 is 0 Å².